The van der Waals surface area contributed by atoms with Gasteiger partial charge in [0, 0.05) is 12.0 Å². The summed E-state index contributed by atoms with van der Waals surface area (Å²) in [6.07, 6.45) is 3.98. The van der Waals surface area contributed by atoms with E-state index in [0.29, 0.717) is 18.3 Å². The van der Waals surface area contributed by atoms with E-state index in [1.54, 1.807) is 0 Å². The summed E-state index contributed by atoms with van der Waals surface area (Å²) in [6, 6.07) is 1.10. The van der Waals surface area contributed by atoms with E-state index in [9.17, 15) is 0 Å². The molecule has 1 aliphatic rings. The summed E-state index contributed by atoms with van der Waals surface area (Å²) >= 11 is 0. The molecule has 0 aromatic carbocycles. The molecule has 0 saturated carbocycles. The van der Waals surface area contributed by atoms with E-state index < -0.39 is 0 Å². The fraction of sp³-hybridized carbons (Fsp3) is 1.00. The second kappa shape index (κ2) is 4.29. The van der Waals surface area contributed by atoms with Crippen LogP contribution >= 0.6 is 0 Å². The lowest BCUT2D eigenvalue weighted by atomic mass is 9.98. The molecule has 3 heteroatoms. The Morgan fingerprint density at radius 3 is 2.67 bits per heavy atom. The van der Waals surface area contributed by atoms with Gasteiger partial charge in [0.05, 0.1) is 0 Å². The summed E-state index contributed by atoms with van der Waals surface area (Å²) < 4.78 is 5.77. The van der Waals surface area contributed by atoms with E-state index in [4.69, 9.17) is 4.74 Å². The van der Waals surface area contributed by atoms with Crippen molar-refractivity contribution in [3.8, 4) is 0 Å². The van der Waals surface area contributed by atoms with Crippen molar-refractivity contribution in [2.75, 3.05) is 7.05 Å². The van der Waals surface area contributed by atoms with Crippen LogP contribution in [-0.2, 0) is 4.74 Å². The van der Waals surface area contributed by atoms with Gasteiger partial charge in [0.15, 0.2) is 0 Å². The molecule has 0 aromatic rings. The highest BCUT2D eigenvalue weighted by Gasteiger charge is 2.26. The van der Waals surface area contributed by atoms with Gasteiger partial charge in [-0.25, -0.2) is 0 Å². The molecule has 1 rings (SSSR count). The third-order valence-electron chi connectivity index (χ3n) is 2.95. The molecule has 70 valence electrons. The van der Waals surface area contributed by atoms with Crippen molar-refractivity contribution in [1.29, 1.82) is 0 Å². The predicted molar refractivity (Wildman–Crippen MR) is 54.0 cm³/mol. The second-order valence-corrected chi connectivity index (χ2v) is 3.90. The summed E-state index contributed by atoms with van der Waals surface area (Å²) in [5, 5.41) is 0. The maximum absolute atomic E-state index is 5.77. The van der Waals surface area contributed by atoms with Crippen LogP contribution in [0.3, 0.4) is 0 Å². The van der Waals surface area contributed by atoms with Crippen LogP contribution in [0, 0.1) is 0 Å². The number of hydrogen-bond donors (Lipinski definition) is 0. The first-order valence-electron chi connectivity index (χ1n) is 5.02. The lowest BCUT2D eigenvalue weighted by Gasteiger charge is -2.29. The van der Waals surface area contributed by atoms with Crippen LogP contribution in [0.2, 0.25) is 0 Å². The van der Waals surface area contributed by atoms with Gasteiger partial charge in [-0.3, -0.25) is 4.90 Å². The van der Waals surface area contributed by atoms with Crippen molar-refractivity contribution in [1.82, 2.24) is 4.90 Å². The molecule has 0 radical (unpaired) electrons. The molecule has 0 amide bonds. The highest BCUT2D eigenvalue weighted by Crippen LogP contribution is 2.21. The Morgan fingerprint density at radius 2 is 2.25 bits per heavy atom. The molecule has 0 aliphatic carbocycles. The highest BCUT2D eigenvalue weighted by molar-refractivity contribution is 6.11. The summed E-state index contributed by atoms with van der Waals surface area (Å²) in [4.78, 5) is 2.35. The first-order valence-corrected chi connectivity index (χ1v) is 5.02. The van der Waals surface area contributed by atoms with Gasteiger partial charge >= 0.3 is 0 Å². The predicted octanol–water partition coefficient (Wildman–Crippen LogP) is 0.812. The van der Waals surface area contributed by atoms with Crippen molar-refractivity contribution in [2.45, 2.75) is 51.4 Å². The van der Waals surface area contributed by atoms with Crippen LogP contribution in [0.4, 0.5) is 0 Å². The van der Waals surface area contributed by atoms with Gasteiger partial charge in [-0.05, 0) is 33.2 Å². The zero-order valence-electron chi connectivity index (χ0n) is 8.71. The molecule has 3 atom stereocenters. The Bertz CT molecular complexity index is 142. The topological polar surface area (TPSA) is 12.5 Å². The van der Waals surface area contributed by atoms with E-state index >= 15 is 0 Å². The van der Waals surface area contributed by atoms with Gasteiger partial charge in [-0.2, -0.15) is 0 Å². The third kappa shape index (κ3) is 2.24. The fourth-order valence-electron chi connectivity index (χ4n) is 1.65. The first-order chi connectivity index (χ1) is 5.65. The molecule has 0 aromatic heterocycles. The zero-order chi connectivity index (χ0) is 9.14. The average molecular weight is 169 g/mol. The smallest absolute Gasteiger partial charge is 0.139 e. The van der Waals surface area contributed by atoms with Gasteiger partial charge in [-0.1, -0.05) is 6.92 Å². The lowest BCUT2D eigenvalue weighted by molar-refractivity contribution is -0.0360. The number of rotatable bonds is 3. The van der Waals surface area contributed by atoms with Crippen molar-refractivity contribution in [2.24, 2.45) is 0 Å². The minimum atomic E-state index is 0.370. The van der Waals surface area contributed by atoms with E-state index in [-0.39, 0.29) is 0 Å². The SMILES string of the molecule is BC1CCC(N(C)C(C)CC)O1. The van der Waals surface area contributed by atoms with Crippen molar-refractivity contribution in [3.63, 3.8) is 0 Å². The zero-order valence-corrected chi connectivity index (χ0v) is 8.71. The molecule has 1 heterocycles. The van der Waals surface area contributed by atoms with E-state index in [0.717, 1.165) is 0 Å². The fourth-order valence-corrected chi connectivity index (χ4v) is 1.65. The van der Waals surface area contributed by atoms with Crippen LogP contribution in [0.5, 0.6) is 0 Å². The van der Waals surface area contributed by atoms with Crippen LogP contribution in [0.25, 0.3) is 0 Å². The molecule has 2 nitrogen and oxygen atoms in total. The molecule has 0 spiro atoms. The van der Waals surface area contributed by atoms with Gasteiger partial charge in [0.2, 0.25) is 0 Å². The second-order valence-electron chi connectivity index (χ2n) is 3.90. The van der Waals surface area contributed by atoms with E-state index in [1.807, 2.05) is 0 Å². The molecule has 1 saturated heterocycles. The maximum atomic E-state index is 5.77. The molecule has 0 bridgehead atoms. The average Bonchev–Trinajstić information content (AvgIpc) is 2.49. The van der Waals surface area contributed by atoms with Gasteiger partial charge < -0.3 is 4.74 Å². The van der Waals surface area contributed by atoms with Crippen molar-refractivity contribution >= 4 is 7.85 Å². The standard InChI is InChI=1S/C9H20BNO/c1-4-7(2)11(3)9-6-5-8(10)12-9/h7-9H,4-6,10H2,1-3H3. The van der Waals surface area contributed by atoms with Crippen molar-refractivity contribution < 1.29 is 4.74 Å². The normalized spacial score (nSPS) is 32.7. The largest absolute Gasteiger partial charge is 0.369 e. The van der Waals surface area contributed by atoms with Crippen LogP contribution in [0.15, 0.2) is 0 Å². The van der Waals surface area contributed by atoms with Crippen LogP contribution in [-0.4, -0.2) is 38.1 Å². The molecular weight excluding hydrogens is 149 g/mol. The van der Waals surface area contributed by atoms with Gasteiger partial charge in [0.25, 0.3) is 0 Å². The summed E-state index contributed by atoms with van der Waals surface area (Å²) in [7, 11) is 4.32. The molecular formula is C9H20BNO. The van der Waals surface area contributed by atoms with Crippen LogP contribution in [0.1, 0.15) is 33.1 Å². The van der Waals surface area contributed by atoms with Gasteiger partial charge in [-0.15, -0.1) is 0 Å². The summed E-state index contributed by atoms with van der Waals surface area (Å²) in [5.74, 6) is 0. The number of nitrogens with zero attached hydrogens (tertiary/aromatic N) is 1. The molecule has 1 fully saturated rings. The Labute approximate surface area is 76.7 Å². The van der Waals surface area contributed by atoms with E-state index in [2.05, 4.69) is 33.6 Å². The van der Waals surface area contributed by atoms with Crippen molar-refractivity contribution in [3.05, 3.63) is 0 Å². The van der Waals surface area contributed by atoms with Gasteiger partial charge in [0.1, 0.15) is 14.1 Å². The Kier molecular flexibility index (Phi) is 3.60. The minimum absolute atomic E-state index is 0.370. The Morgan fingerprint density at radius 1 is 1.58 bits per heavy atom. The molecule has 1 aliphatic heterocycles. The number of hydrogen-bond acceptors (Lipinski definition) is 2. The summed E-state index contributed by atoms with van der Waals surface area (Å²) in [5.41, 5.74) is 0. The van der Waals surface area contributed by atoms with Crippen LogP contribution < -0.4 is 0 Å². The monoisotopic (exact) mass is 169 g/mol. The molecule has 12 heavy (non-hydrogen) atoms. The first kappa shape index (κ1) is 10.1. The maximum Gasteiger partial charge on any atom is 0.139 e. The summed E-state index contributed by atoms with van der Waals surface area (Å²) in [6.45, 7) is 4.48. The highest BCUT2D eigenvalue weighted by atomic mass is 16.5. The lowest BCUT2D eigenvalue weighted by Crippen LogP contribution is -2.38. The molecule has 0 N–H and O–H groups in total. The number of ether oxygens (including phenoxy) is 1. The third-order valence-corrected chi connectivity index (χ3v) is 2.95. The minimum Gasteiger partial charge on any atom is -0.369 e. The Hall–Kier alpha value is -0.0151. The quantitative estimate of drug-likeness (QED) is 0.579. The van der Waals surface area contributed by atoms with E-state index in [1.165, 1.54) is 19.3 Å². The molecule has 3 unspecified atom stereocenters. The Balaban J connectivity index is 2.37.